The number of ether oxygens (including phenoxy) is 1. The Labute approximate surface area is 113 Å². The second-order valence-corrected chi connectivity index (χ2v) is 6.80. The number of benzene rings is 1. The van der Waals surface area contributed by atoms with E-state index in [9.17, 15) is 8.42 Å². The summed E-state index contributed by atoms with van der Waals surface area (Å²) < 4.78 is 32.0. The Morgan fingerprint density at radius 1 is 1.21 bits per heavy atom. The third-order valence-electron chi connectivity index (χ3n) is 3.61. The van der Waals surface area contributed by atoms with E-state index >= 15 is 0 Å². The molecule has 0 spiro atoms. The molecule has 1 aromatic carbocycles. The van der Waals surface area contributed by atoms with Crippen LogP contribution in [0.15, 0.2) is 23.1 Å². The Hall–Kier alpha value is -1.11. The summed E-state index contributed by atoms with van der Waals surface area (Å²) >= 11 is 0. The molecule has 2 heterocycles. The van der Waals surface area contributed by atoms with Gasteiger partial charge in [0.05, 0.1) is 11.5 Å². The highest BCUT2D eigenvalue weighted by molar-refractivity contribution is 7.89. The average Bonchev–Trinajstić information content (AvgIpc) is 2.69. The number of hydrogen-bond acceptors (Lipinski definition) is 4. The van der Waals surface area contributed by atoms with E-state index in [-0.39, 0.29) is 0 Å². The van der Waals surface area contributed by atoms with Crippen LogP contribution >= 0.6 is 0 Å². The third-order valence-corrected chi connectivity index (χ3v) is 5.50. The molecule has 0 atom stereocenters. The molecule has 0 aliphatic carbocycles. The van der Waals surface area contributed by atoms with Crippen molar-refractivity contribution in [3.05, 3.63) is 23.8 Å². The molecule has 0 radical (unpaired) electrons. The van der Waals surface area contributed by atoms with Crippen molar-refractivity contribution >= 4 is 15.7 Å². The summed E-state index contributed by atoms with van der Waals surface area (Å²) in [5, 5.41) is 3.22. The molecule has 0 saturated carbocycles. The maximum atomic E-state index is 12.6. The molecule has 0 unspecified atom stereocenters. The standard InChI is InChI=1S/C13H18N2O3S/c16-19(17,15-6-1-8-18-9-7-15)12-3-2-11-4-5-14-13(11)10-12/h2-3,10,14H,1,4-9H2. The van der Waals surface area contributed by atoms with Crippen molar-refractivity contribution in [3.63, 3.8) is 0 Å². The lowest BCUT2D eigenvalue weighted by Gasteiger charge is -2.19. The number of fused-ring (bicyclic) bond motifs is 1. The lowest BCUT2D eigenvalue weighted by Crippen LogP contribution is -2.33. The summed E-state index contributed by atoms with van der Waals surface area (Å²) in [5.41, 5.74) is 2.14. The monoisotopic (exact) mass is 282 g/mol. The molecule has 1 N–H and O–H groups in total. The van der Waals surface area contributed by atoms with Gasteiger partial charge in [0, 0.05) is 31.9 Å². The first-order valence-corrected chi connectivity index (χ1v) is 8.07. The van der Waals surface area contributed by atoms with Crippen molar-refractivity contribution in [2.75, 3.05) is 38.2 Å². The molecule has 5 nitrogen and oxygen atoms in total. The summed E-state index contributed by atoms with van der Waals surface area (Å²) in [6.45, 7) is 2.97. The van der Waals surface area contributed by atoms with Crippen molar-refractivity contribution in [1.82, 2.24) is 4.31 Å². The molecule has 2 aliphatic rings. The molecular weight excluding hydrogens is 264 g/mol. The summed E-state index contributed by atoms with van der Waals surface area (Å²) in [6, 6.07) is 5.38. The Morgan fingerprint density at radius 3 is 3.00 bits per heavy atom. The van der Waals surface area contributed by atoms with Crippen LogP contribution in [0.25, 0.3) is 0 Å². The molecule has 6 heteroatoms. The first-order valence-electron chi connectivity index (χ1n) is 6.62. The Kier molecular flexibility index (Phi) is 3.47. The van der Waals surface area contributed by atoms with Gasteiger partial charge in [-0.1, -0.05) is 6.07 Å². The molecule has 1 fully saturated rings. The van der Waals surface area contributed by atoms with Crippen LogP contribution in [0.3, 0.4) is 0 Å². The van der Waals surface area contributed by atoms with E-state index in [1.165, 1.54) is 9.87 Å². The maximum absolute atomic E-state index is 12.6. The zero-order valence-electron chi connectivity index (χ0n) is 10.8. The molecular formula is C13H18N2O3S. The number of hydrogen-bond donors (Lipinski definition) is 1. The first-order chi connectivity index (χ1) is 9.18. The number of nitrogens with one attached hydrogen (secondary N) is 1. The number of anilines is 1. The summed E-state index contributed by atoms with van der Waals surface area (Å²) in [4.78, 5) is 0.377. The Balaban J connectivity index is 1.90. The number of rotatable bonds is 2. The van der Waals surface area contributed by atoms with Gasteiger partial charge in [0.25, 0.3) is 0 Å². The van der Waals surface area contributed by atoms with Gasteiger partial charge < -0.3 is 10.1 Å². The van der Waals surface area contributed by atoms with Crippen molar-refractivity contribution in [2.45, 2.75) is 17.7 Å². The highest BCUT2D eigenvalue weighted by Crippen LogP contribution is 2.27. The van der Waals surface area contributed by atoms with Gasteiger partial charge in [-0.3, -0.25) is 0 Å². The molecule has 1 saturated heterocycles. The summed E-state index contributed by atoms with van der Waals surface area (Å²) in [5.74, 6) is 0. The van der Waals surface area contributed by atoms with E-state index in [0.717, 1.165) is 25.1 Å². The molecule has 0 amide bonds. The molecule has 19 heavy (non-hydrogen) atoms. The van der Waals surface area contributed by atoms with E-state index in [1.807, 2.05) is 6.07 Å². The normalized spacial score (nSPS) is 20.6. The minimum atomic E-state index is -3.39. The molecule has 2 aliphatic heterocycles. The lowest BCUT2D eigenvalue weighted by molar-refractivity contribution is 0.148. The van der Waals surface area contributed by atoms with Crippen LogP contribution in [0.4, 0.5) is 5.69 Å². The van der Waals surface area contributed by atoms with Gasteiger partial charge in [0.2, 0.25) is 10.0 Å². The molecule has 0 aromatic heterocycles. The van der Waals surface area contributed by atoms with Gasteiger partial charge >= 0.3 is 0 Å². The molecule has 3 rings (SSSR count). The van der Waals surface area contributed by atoms with Crippen LogP contribution in [0.1, 0.15) is 12.0 Å². The largest absolute Gasteiger partial charge is 0.384 e. The molecule has 0 bridgehead atoms. The topological polar surface area (TPSA) is 58.6 Å². The fourth-order valence-electron chi connectivity index (χ4n) is 2.54. The van der Waals surface area contributed by atoms with Crippen molar-refractivity contribution in [3.8, 4) is 0 Å². The average molecular weight is 282 g/mol. The van der Waals surface area contributed by atoms with E-state index in [1.54, 1.807) is 12.1 Å². The first kappa shape index (κ1) is 12.9. The lowest BCUT2D eigenvalue weighted by atomic mass is 10.2. The van der Waals surface area contributed by atoms with Crippen LogP contribution < -0.4 is 5.32 Å². The third kappa shape index (κ3) is 2.48. The van der Waals surface area contributed by atoms with Gasteiger partial charge in [-0.15, -0.1) is 0 Å². The quantitative estimate of drug-likeness (QED) is 0.881. The van der Waals surface area contributed by atoms with Gasteiger partial charge in [-0.25, -0.2) is 8.42 Å². The van der Waals surface area contributed by atoms with Crippen molar-refractivity contribution < 1.29 is 13.2 Å². The summed E-state index contributed by atoms with van der Waals surface area (Å²) in [7, 11) is -3.39. The highest BCUT2D eigenvalue weighted by atomic mass is 32.2. The van der Waals surface area contributed by atoms with Crippen LogP contribution in [0.2, 0.25) is 0 Å². The minimum Gasteiger partial charge on any atom is -0.384 e. The van der Waals surface area contributed by atoms with E-state index in [0.29, 0.717) is 31.2 Å². The van der Waals surface area contributed by atoms with E-state index < -0.39 is 10.0 Å². The fourth-order valence-corrected chi connectivity index (χ4v) is 4.03. The molecule has 104 valence electrons. The maximum Gasteiger partial charge on any atom is 0.243 e. The van der Waals surface area contributed by atoms with E-state index in [4.69, 9.17) is 4.74 Å². The van der Waals surface area contributed by atoms with Gasteiger partial charge in [-0.2, -0.15) is 4.31 Å². The Bertz CT molecular complexity index is 563. The minimum absolute atomic E-state index is 0.377. The van der Waals surface area contributed by atoms with Gasteiger partial charge in [0.1, 0.15) is 0 Å². The fraction of sp³-hybridized carbons (Fsp3) is 0.538. The predicted octanol–water partition coefficient (Wildman–Crippen LogP) is 1.07. The van der Waals surface area contributed by atoms with Crippen molar-refractivity contribution in [2.24, 2.45) is 0 Å². The number of nitrogens with zero attached hydrogens (tertiary/aromatic N) is 1. The van der Waals surface area contributed by atoms with E-state index in [2.05, 4.69) is 5.32 Å². The van der Waals surface area contributed by atoms with Crippen LogP contribution in [-0.4, -0.2) is 45.6 Å². The summed E-state index contributed by atoms with van der Waals surface area (Å²) in [6.07, 6.45) is 1.72. The second kappa shape index (κ2) is 5.11. The smallest absolute Gasteiger partial charge is 0.243 e. The molecule has 1 aromatic rings. The zero-order valence-corrected chi connectivity index (χ0v) is 11.6. The van der Waals surface area contributed by atoms with Crippen LogP contribution in [0, 0.1) is 0 Å². The second-order valence-electron chi connectivity index (χ2n) is 4.87. The van der Waals surface area contributed by atoms with Gasteiger partial charge in [0.15, 0.2) is 0 Å². The van der Waals surface area contributed by atoms with Crippen LogP contribution in [-0.2, 0) is 21.2 Å². The Morgan fingerprint density at radius 2 is 2.11 bits per heavy atom. The SMILES string of the molecule is O=S(=O)(c1ccc2c(c1)NCC2)N1CCCOCC1. The number of sulfonamides is 1. The van der Waals surface area contributed by atoms with Crippen molar-refractivity contribution in [1.29, 1.82) is 0 Å². The van der Waals surface area contributed by atoms with Gasteiger partial charge in [-0.05, 0) is 30.5 Å². The zero-order chi connectivity index (χ0) is 13.3. The van der Waals surface area contributed by atoms with Crippen LogP contribution in [0.5, 0.6) is 0 Å². The predicted molar refractivity (Wildman–Crippen MR) is 72.8 cm³/mol. The highest BCUT2D eigenvalue weighted by Gasteiger charge is 2.26.